The third-order valence-corrected chi connectivity index (χ3v) is 5.58. The lowest BCUT2D eigenvalue weighted by atomic mass is 10.0. The van der Waals surface area contributed by atoms with Gasteiger partial charge in [0.25, 0.3) is 11.8 Å². The Morgan fingerprint density at radius 2 is 1.87 bits per heavy atom. The van der Waals surface area contributed by atoms with Gasteiger partial charge < -0.3 is 10.2 Å². The van der Waals surface area contributed by atoms with E-state index in [1.54, 1.807) is 11.0 Å². The van der Waals surface area contributed by atoms with Crippen molar-refractivity contribution in [3.8, 4) is 0 Å². The first-order valence-corrected chi connectivity index (χ1v) is 10.3. The maximum atomic E-state index is 13.2. The summed E-state index contributed by atoms with van der Waals surface area (Å²) in [6, 6.07) is 15.6. The molecule has 5 nitrogen and oxygen atoms in total. The van der Waals surface area contributed by atoms with E-state index in [4.69, 9.17) is 0 Å². The lowest BCUT2D eigenvalue weighted by Gasteiger charge is -2.29. The molecule has 0 saturated carbocycles. The van der Waals surface area contributed by atoms with Crippen LogP contribution < -0.4 is 10.2 Å². The monoisotopic (exact) mass is 399 g/mol. The van der Waals surface area contributed by atoms with Gasteiger partial charge in [0.2, 0.25) is 0 Å². The highest BCUT2D eigenvalue weighted by Crippen LogP contribution is 2.28. The fourth-order valence-corrected chi connectivity index (χ4v) is 3.97. The molecule has 1 N–H and O–H groups in total. The van der Waals surface area contributed by atoms with E-state index >= 15 is 0 Å². The third kappa shape index (κ3) is 3.83. The largest absolute Gasteiger partial charge is 0.321 e. The number of rotatable bonds is 4. The quantitative estimate of drug-likeness (QED) is 0.686. The number of hydrogen-bond acceptors (Lipinski definition) is 3. The summed E-state index contributed by atoms with van der Waals surface area (Å²) in [6.07, 6.45) is 5.74. The number of pyridine rings is 1. The van der Waals surface area contributed by atoms with Crippen LogP contribution in [0.25, 0.3) is 0 Å². The molecule has 0 spiro atoms. The van der Waals surface area contributed by atoms with Crippen LogP contribution in [0.2, 0.25) is 0 Å². The Bertz CT molecular complexity index is 1110. The van der Waals surface area contributed by atoms with Gasteiger partial charge in [-0.2, -0.15) is 0 Å². The van der Waals surface area contributed by atoms with E-state index in [2.05, 4.69) is 23.3 Å². The Kier molecular flexibility index (Phi) is 5.61. The Hall–Kier alpha value is -3.47. The van der Waals surface area contributed by atoms with Gasteiger partial charge in [0.05, 0.1) is 11.1 Å². The van der Waals surface area contributed by atoms with E-state index in [0.717, 1.165) is 41.8 Å². The number of anilines is 2. The van der Waals surface area contributed by atoms with Gasteiger partial charge in [-0.1, -0.05) is 43.3 Å². The lowest BCUT2D eigenvalue weighted by Crippen LogP contribution is -2.35. The molecule has 0 bridgehead atoms. The van der Waals surface area contributed by atoms with Crippen LogP contribution in [0.1, 0.15) is 50.8 Å². The molecule has 2 heterocycles. The predicted octanol–water partition coefficient (Wildman–Crippen LogP) is 4.80. The number of nitrogens with one attached hydrogen (secondary N) is 1. The van der Waals surface area contributed by atoms with Crippen molar-refractivity contribution in [1.29, 1.82) is 0 Å². The number of carbonyl (C=O) groups is 2. The molecular weight excluding hydrogens is 374 g/mol. The van der Waals surface area contributed by atoms with Gasteiger partial charge in [0, 0.05) is 30.3 Å². The summed E-state index contributed by atoms with van der Waals surface area (Å²) in [5.74, 6) is -0.394. The first-order chi connectivity index (χ1) is 14.6. The molecule has 5 heteroatoms. The molecular formula is C25H25N3O2. The van der Waals surface area contributed by atoms with E-state index in [1.165, 1.54) is 18.0 Å². The minimum Gasteiger partial charge on any atom is -0.321 e. The van der Waals surface area contributed by atoms with Gasteiger partial charge in [-0.05, 0) is 55.0 Å². The van der Waals surface area contributed by atoms with Gasteiger partial charge in [0.1, 0.15) is 0 Å². The molecule has 1 aliphatic heterocycles. The minimum absolute atomic E-state index is 0.130. The molecule has 2 aromatic carbocycles. The molecule has 0 radical (unpaired) electrons. The average molecular weight is 399 g/mol. The van der Waals surface area contributed by atoms with E-state index < -0.39 is 0 Å². The second-order valence-electron chi connectivity index (χ2n) is 7.57. The van der Waals surface area contributed by atoms with E-state index in [-0.39, 0.29) is 11.8 Å². The van der Waals surface area contributed by atoms with Gasteiger partial charge in [-0.25, -0.2) is 0 Å². The van der Waals surface area contributed by atoms with Crippen molar-refractivity contribution in [1.82, 2.24) is 4.98 Å². The predicted molar refractivity (Wildman–Crippen MR) is 119 cm³/mol. The second-order valence-corrected chi connectivity index (χ2v) is 7.57. The molecule has 1 aliphatic rings. The van der Waals surface area contributed by atoms with Crippen molar-refractivity contribution in [2.75, 3.05) is 16.8 Å². The molecule has 0 atom stereocenters. The van der Waals surface area contributed by atoms with Crippen LogP contribution in [0.3, 0.4) is 0 Å². The molecule has 0 fully saturated rings. The highest BCUT2D eigenvalue weighted by atomic mass is 16.2. The molecule has 2 amide bonds. The zero-order valence-corrected chi connectivity index (χ0v) is 17.3. The number of para-hydroxylation sites is 2. The number of nitrogens with zero attached hydrogens (tertiary/aromatic N) is 2. The van der Waals surface area contributed by atoms with Crippen LogP contribution in [-0.4, -0.2) is 23.3 Å². The van der Waals surface area contributed by atoms with Crippen LogP contribution in [0.4, 0.5) is 11.4 Å². The topological polar surface area (TPSA) is 62.3 Å². The highest BCUT2D eigenvalue weighted by molar-refractivity contribution is 6.10. The van der Waals surface area contributed by atoms with E-state index in [0.29, 0.717) is 17.7 Å². The smallest absolute Gasteiger partial charge is 0.259 e. The number of benzene rings is 2. The maximum absolute atomic E-state index is 13.2. The van der Waals surface area contributed by atoms with Crippen LogP contribution in [-0.2, 0) is 12.8 Å². The molecule has 4 rings (SSSR count). The number of fused-ring (bicyclic) bond motifs is 1. The van der Waals surface area contributed by atoms with Crippen LogP contribution in [0, 0.1) is 6.92 Å². The molecule has 152 valence electrons. The van der Waals surface area contributed by atoms with Gasteiger partial charge >= 0.3 is 0 Å². The molecule has 0 unspecified atom stereocenters. The van der Waals surface area contributed by atoms with Crippen LogP contribution in [0.5, 0.6) is 0 Å². The number of carbonyl (C=O) groups excluding carboxylic acids is 2. The maximum Gasteiger partial charge on any atom is 0.259 e. The van der Waals surface area contributed by atoms with Crippen molar-refractivity contribution < 1.29 is 9.59 Å². The normalized spacial score (nSPS) is 12.9. The van der Waals surface area contributed by atoms with E-state index in [9.17, 15) is 9.59 Å². The van der Waals surface area contributed by atoms with Crippen molar-refractivity contribution in [3.05, 3.63) is 88.7 Å². The number of aromatic nitrogens is 1. The molecule has 1 aromatic heterocycles. The van der Waals surface area contributed by atoms with Crippen molar-refractivity contribution >= 4 is 23.2 Å². The number of aryl methyl sites for hydroxylation is 3. The number of hydrogen-bond donors (Lipinski definition) is 1. The number of amides is 2. The van der Waals surface area contributed by atoms with Gasteiger partial charge in [-0.3, -0.25) is 14.6 Å². The average Bonchev–Trinajstić information content (AvgIpc) is 2.79. The van der Waals surface area contributed by atoms with Gasteiger partial charge in [0.15, 0.2) is 0 Å². The Morgan fingerprint density at radius 1 is 1.07 bits per heavy atom. The van der Waals surface area contributed by atoms with Crippen molar-refractivity contribution in [2.24, 2.45) is 0 Å². The summed E-state index contributed by atoms with van der Waals surface area (Å²) in [7, 11) is 0. The summed E-state index contributed by atoms with van der Waals surface area (Å²) in [5.41, 5.74) is 5.81. The molecule has 3 aromatic rings. The second kappa shape index (κ2) is 8.49. The summed E-state index contributed by atoms with van der Waals surface area (Å²) in [5, 5.41) is 3.00. The first-order valence-electron chi connectivity index (χ1n) is 10.3. The van der Waals surface area contributed by atoms with Crippen molar-refractivity contribution in [3.63, 3.8) is 0 Å². The zero-order valence-electron chi connectivity index (χ0n) is 17.3. The molecule has 0 saturated heterocycles. The Balaban J connectivity index is 1.59. The van der Waals surface area contributed by atoms with E-state index in [1.807, 2.05) is 43.3 Å². The SMILES string of the molecule is CCc1cccc(C)c1NC(=O)c1cncc(C(=O)N2CCCc3ccccc32)c1. The molecule has 30 heavy (non-hydrogen) atoms. The fourth-order valence-electron chi connectivity index (χ4n) is 3.97. The third-order valence-electron chi connectivity index (χ3n) is 5.58. The van der Waals surface area contributed by atoms with Crippen molar-refractivity contribution in [2.45, 2.75) is 33.1 Å². The molecule has 0 aliphatic carbocycles. The van der Waals surface area contributed by atoms with Crippen LogP contribution in [0.15, 0.2) is 60.9 Å². The van der Waals surface area contributed by atoms with Gasteiger partial charge in [-0.15, -0.1) is 0 Å². The summed E-state index contributed by atoms with van der Waals surface area (Å²) in [4.78, 5) is 32.1. The summed E-state index contributed by atoms with van der Waals surface area (Å²) >= 11 is 0. The first kappa shape index (κ1) is 19.8. The fraction of sp³-hybridized carbons (Fsp3) is 0.240. The highest BCUT2D eigenvalue weighted by Gasteiger charge is 2.24. The van der Waals surface area contributed by atoms with Crippen LogP contribution >= 0.6 is 0 Å². The minimum atomic E-state index is -0.264. The standard InChI is InChI=1S/C25H25N3O2/c1-3-18-10-6-8-17(2)23(18)27-24(29)20-14-21(16-26-15-20)25(30)28-13-7-11-19-9-4-5-12-22(19)28/h4-6,8-10,12,14-16H,3,7,11,13H2,1-2H3,(H,27,29). The summed E-state index contributed by atoms with van der Waals surface area (Å²) < 4.78 is 0. The Labute approximate surface area is 176 Å². The summed E-state index contributed by atoms with van der Waals surface area (Å²) in [6.45, 7) is 4.69. The Morgan fingerprint density at radius 3 is 2.70 bits per heavy atom. The lowest BCUT2D eigenvalue weighted by molar-refractivity contribution is 0.0984. The zero-order chi connectivity index (χ0) is 21.1.